The molecular weight excluding hydrogens is 198 g/mol. The van der Waals surface area contributed by atoms with Gasteiger partial charge in [-0.2, -0.15) is 0 Å². The van der Waals surface area contributed by atoms with E-state index in [0.29, 0.717) is 0 Å². The molecule has 0 amide bonds. The van der Waals surface area contributed by atoms with Gasteiger partial charge in [-0.1, -0.05) is 0 Å². The van der Waals surface area contributed by atoms with E-state index in [1.807, 2.05) is 0 Å². The third kappa shape index (κ3) is 4.31. The smallest absolute Gasteiger partial charge is 0.262 e. The van der Waals surface area contributed by atoms with Crippen molar-refractivity contribution in [1.82, 2.24) is 6.15 Å². The van der Waals surface area contributed by atoms with Crippen molar-refractivity contribution in [3.8, 4) is 11.5 Å². The van der Waals surface area contributed by atoms with Gasteiger partial charge >= 0.3 is 0 Å². The van der Waals surface area contributed by atoms with Gasteiger partial charge < -0.3 is 20.0 Å². The van der Waals surface area contributed by atoms with Crippen LogP contribution < -0.4 is 10.3 Å². The Morgan fingerprint density at radius 2 is 1.69 bits per heavy atom. The molecule has 0 saturated heterocycles. The molecule has 0 saturated carbocycles. The molecule has 0 radical (unpaired) electrons. The van der Waals surface area contributed by atoms with Crippen LogP contribution in [0.15, 0.2) is 24.3 Å². The topological polar surface area (TPSA) is 123 Å². The Bertz CT molecular complexity index is 357. The first-order chi connectivity index (χ1) is 5.47. The largest absolute Gasteiger partial charge is 0.716 e. The maximum Gasteiger partial charge on any atom is 0.262 e. The fraction of sp³-hybridized carbons (Fsp3) is 0. The molecule has 0 atom stereocenters. The number of phenolic OH excluding ortho intramolecular Hbond substituents is 1. The molecule has 7 heteroatoms. The first kappa shape index (κ1) is 11.7. The van der Waals surface area contributed by atoms with Crippen molar-refractivity contribution in [2.24, 2.45) is 0 Å². The number of benzene rings is 1. The molecule has 0 aliphatic rings. The highest BCUT2D eigenvalue weighted by Gasteiger charge is 1.97. The SMILES string of the molecule is O=S(=O)([O-])Oc1ccc(O)cc1.[NH4+]. The molecule has 0 spiro atoms. The first-order valence-corrected chi connectivity index (χ1v) is 4.25. The van der Waals surface area contributed by atoms with Gasteiger partial charge in [-0.05, 0) is 24.3 Å². The Morgan fingerprint density at radius 1 is 1.23 bits per heavy atom. The Labute approximate surface area is 75.3 Å². The molecule has 13 heavy (non-hydrogen) atoms. The number of rotatable bonds is 2. The lowest BCUT2D eigenvalue weighted by atomic mass is 10.3. The van der Waals surface area contributed by atoms with Crippen LogP contribution >= 0.6 is 0 Å². The summed E-state index contributed by atoms with van der Waals surface area (Å²) in [5.41, 5.74) is 0. The van der Waals surface area contributed by atoms with Crippen LogP contribution in [0.4, 0.5) is 0 Å². The van der Waals surface area contributed by atoms with Crippen LogP contribution in [0, 0.1) is 0 Å². The molecule has 5 N–H and O–H groups in total. The van der Waals surface area contributed by atoms with E-state index in [-0.39, 0.29) is 17.6 Å². The molecule has 0 bridgehead atoms. The van der Waals surface area contributed by atoms with Crippen LogP contribution in [0.2, 0.25) is 0 Å². The van der Waals surface area contributed by atoms with E-state index in [0.717, 1.165) is 0 Å². The molecule has 0 unspecified atom stereocenters. The number of hydrogen-bond acceptors (Lipinski definition) is 5. The predicted octanol–water partition coefficient (Wildman–Crippen LogP) is 0.607. The normalized spacial score (nSPS) is 10.2. The summed E-state index contributed by atoms with van der Waals surface area (Å²) in [4.78, 5) is 0. The van der Waals surface area contributed by atoms with Gasteiger partial charge in [0.05, 0.1) is 0 Å². The average molecular weight is 207 g/mol. The maximum absolute atomic E-state index is 10.0. The number of quaternary nitrogens is 1. The maximum atomic E-state index is 10.0. The molecule has 1 aromatic carbocycles. The third-order valence-electron chi connectivity index (χ3n) is 1.04. The van der Waals surface area contributed by atoms with Crippen LogP contribution in [-0.4, -0.2) is 18.1 Å². The monoisotopic (exact) mass is 207 g/mol. The summed E-state index contributed by atoms with van der Waals surface area (Å²) >= 11 is 0. The van der Waals surface area contributed by atoms with Gasteiger partial charge in [-0.25, -0.2) is 8.42 Å². The van der Waals surface area contributed by atoms with E-state index in [9.17, 15) is 13.0 Å². The third-order valence-corrected chi connectivity index (χ3v) is 1.43. The van der Waals surface area contributed by atoms with Gasteiger partial charge in [0.15, 0.2) is 0 Å². The van der Waals surface area contributed by atoms with Crippen LogP contribution in [0.1, 0.15) is 0 Å². The van der Waals surface area contributed by atoms with Gasteiger partial charge in [0.25, 0.3) is 10.4 Å². The lowest BCUT2D eigenvalue weighted by Crippen LogP contribution is -2.06. The summed E-state index contributed by atoms with van der Waals surface area (Å²) in [5, 5.41) is 8.77. The Morgan fingerprint density at radius 3 is 2.08 bits per heavy atom. The second-order valence-electron chi connectivity index (χ2n) is 1.99. The first-order valence-electron chi connectivity index (χ1n) is 2.92. The van der Waals surface area contributed by atoms with E-state index in [1.165, 1.54) is 24.3 Å². The van der Waals surface area contributed by atoms with Crippen molar-refractivity contribution in [3.05, 3.63) is 24.3 Å². The van der Waals surface area contributed by atoms with E-state index in [2.05, 4.69) is 4.18 Å². The Balaban J connectivity index is 0.00000144. The van der Waals surface area contributed by atoms with Crippen molar-refractivity contribution in [2.45, 2.75) is 0 Å². The average Bonchev–Trinajstić information content (AvgIpc) is 1.91. The number of phenols is 1. The zero-order valence-corrected chi connectivity index (χ0v) is 7.61. The molecule has 0 aliphatic heterocycles. The Kier molecular flexibility index (Phi) is 3.67. The molecular formula is C6H9NO5S. The summed E-state index contributed by atoms with van der Waals surface area (Å²) < 4.78 is 34.1. The van der Waals surface area contributed by atoms with Crippen LogP contribution in [0.5, 0.6) is 11.5 Å². The molecule has 6 nitrogen and oxygen atoms in total. The molecule has 1 aromatic rings. The summed E-state index contributed by atoms with van der Waals surface area (Å²) in [7, 11) is -4.72. The highest BCUT2D eigenvalue weighted by atomic mass is 32.3. The lowest BCUT2D eigenvalue weighted by Gasteiger charge is -2.07. The summed E-state index contributed by atoms with van der Waals surface area (Å²) in [6, 6.07) is 4.76. The zero-order valence-electron chi connectivity index (χ0n) is 6.80. The minimum atomic E-state index is -4.72. The molecule has 1 rings (SSSR count). The highest BCUT2D eigenvalue weighted by molar-refractivity contribution is 7.81. The minimum Gasteiger partial charge on any atom is -0.716 e. The second-order valence-corrected chi connectivity index (χ2v) is 2.97. The van der Waals surface area contributed by atoms with Crippen molar-refractivity contribution >= 4 is 10.4 Å². The minimum absolute atomic E-state index is 0. The molecule has 0 aromatic heterocycles. The van der Waals surface area contributed by atoms with Crippen molar-refractivity contribution in [3.63, 3.8) is 0 Å². The van der Waals surface area contributed by atoms with Gasteiger partial charge in [0.1, 0.15) is 11.5 Å². The lowest BCUT2D eigenvalue weighted by molar-refractivity contribution is 0.372. The fourth-order valence-corrected chi connectivity index (χ4v) is 0.966. The van der Waals surface area contributed by atoms with Crippen molar-refractivity contribution in [1.29, 1.82) is 0 Å². The molecule has 74 valence electrons. The number of aromatic hydroxyl groups is 1. The molecule has 0 aliphatic carbocycles. The van der Waals surface area contributed by atoms with Gasteiger partial charge in [-0.15, -0.1) is 0 Å². The highest BCUT2D eigenvalue weighted by Crippen LogP contribution is 2.16. The molecule has 0 fully saturated rings. The van der Waals surface area contributed by atoms with Crippen molar-refractivity contribution in [2.75, 3.05) is 0 Å². The van der Waals surface area contributed by atoms with Crippen LogP contribution in [0.3, 0.4) is 0 Å². The van der Waals surface area contributed by atoms with E-state index >= 15 is 0 Å². The van der Waals surface area contributed by atoms with Gasteiger partial charge in [0, 0.05) is 0 Å². The van der Waals surface area contributed by atoms with E-state index in [1.54, 1.807) is 0 Å². The van der Waals surface area contributed by atoms with Crippen LogP contribution in [0.25, 0.3) is 0 Å². The standard InChI is InChI=1S/C6H6O5S.H3N/c7-5-1-3-6(4-2-5)11-12(8,9)10;/h1-4,7H,(H,8,9,10);1H3. The predicted molar refractivity (Wildman–Crippen MR) is 44.4 cm³/mol. The van der Waals surface area contributed by atoms with Crippen LogP contribution in [-0.2, 0) is 10.4 Å². The number of hydrogen-bond donors (Lipinski definition) is 2. The molecule has 0 heterocycles. The fourth-order valence-electron chi connectivity index (χ4n) is 0.620. The summed E-state index contributed by atoms with van der Waals surface area (Å²) in [5.74, 6) is -0.159. The Hall–Kier alpha value is -1.31. The van der Waals surface area contributed by atoms with E-state index < -0.39 is 10.4 Å². The van der Waals surface area contributed by atoms with E-state index in [4.69, 9.17) is 5.11 Å². The zero-order chi connectivity index (χ0) is 9.19. The summed E-state index contributed by atoms with van der Waals surface area (Å²) in [6.45, 7) is 0. The quantitative estimate of drug-likeness (QED) is 0.543. The second kappa shape index (κ2) is 4.08. The van der Waals surface area contributed by atoms with Gasteiger partial charge in [0.2, 0.25) is 0 Å². The summed E-state index contributed by atoms with van der Waals surface area (Å²) in [6.07, 6.45) is 0. The van der Waals surface area contributed by atoms with Crippen molar-refractivity contribution < 1.29 is 22.3 Å². The van der Waals surface area contributed by atoms with Gasteiger partial charge in [-0.3, -0.25) is 0 Å².